The van der Waals surface area contributed by atoms with Crippen molar-refractivity contribution in [2.75, 3.05) is 5.32 Å². The molecule has 3 amide bonds. The smallest absolute Gasteiger partial charge is 0.319 e. The molecule has 0 bridgehead atoms. The fourth-order valence-corrected chi connectivity index (χ4v) is 3.14. The van der Waals surface area contributed by atoms with Gasteiger partial charge in [0.25, 0.3) is 5.56 Å². The second-order valence-corrected chi connectivity index (χ2v) is 7.69. The molecule has 0 fully saturated rings. The van der Waals surface area contributed by atoms with Crippen LogP contribution in [-0.2, 0) is 17.9 Å². The van der Waals surface area contributed by atoms with Gasteiger partial charge in [-0.3, -0.25) is 14.2 Å². The minimum atomic E-state index is -0.260. The number of benzene rings is 2. The Morgan fingerprint density at radius 1 is 1.10 bits per heavy atom. The standard InChI is InChI=1S/C23H27N5O3/c1-15(2)26-23(31)27-18-9-7-17(8-10-18)13-24-20(29)11-12-28-14-25-21-16(3)5-4-6-19(21)22(28)30/h4-10,14-15H,11-13H2,1-3H3,(H,24,29)(H2,26,27,31). The average Bonchev–Trinajstić information content (AvgIpc) is 2.72. The van der Waals surface area contributed by atoms with Crippen molar-refractivity contribution in [3.05, 3.63) is 70.3 Å². The molecular formula is C23H27N5O3. The highest BCUT2D eigenvalue weighted by molar-refractivity contribution is 5.89. The summed E-state index contributed by atoms with van der Waals surface area (Å²) in [4.78, 5) is 40.9. The Morgan fingerprint density at radius 3 is 2.55 bits per heavy atom. The van der Waals surface area contributed by atoms with Crippen LogP contribution in [0.1, 0.15) is 31.4 Å². The predicted octanol–water partition coefficient (Wildman–Crippen LogP) is 2.94. The van der Waals surface area contributed by atoms with Crippen molar-refractivity contribution in [3.63, 3.8) is 0 Å². The van der Waals surface area contributed by atoms with E-state index in [0.717, 1.165) is 11.1 Å². The lowest BCUT2D eigenvalue weighted by Gasteiger charge is -2.11. The second-order valence-electron chi connectivity index (χ2n) is 7.69. The number of carbonyl (C=O) groups excluding carboxylic acids is 2. The number of para-hydroxylation sites is 1. The molecule has 162 valence electrons. The number of aromatic nitrogens is 2. The summed E-state index contributed by atoms with van der Waals surface area (Å²) in [6, 6.07) is 12.5. The number of fused-ring (bicyclic) bond motifs is 1. The van der Waals surface area contributed by atoms with Crippen LogP contribution in [-0.4, -0.2) is 27.5 Å². The lowest BCUT2D eigenvalue weighted by atomic mass is 10.1. The van der Waals surface area contributed by atoms with Crippen LogP contribution in [0.3, 0.4) is 0 Å². The van der Waals surface area contributed by atoms with Gasteiger partial charge in [0.05, 0.1) is 17.2 Å². The SMILES string of the molecule is Cc1cccc2c(=O)n(CCC(=O)NCc3ccc(NC(=O)NC(C)C)cc3)cnc12. The number of nitrogens with one attached hydrogen (secondary N) is 3. The van der Waals surface area contributed by atoms with E-state index in [2.05, 4.69) is 20.9 Å². The van der Waals surface area contributed by atoms with E-state index in [-0.39, 0.29) is 36.5 Å². The zero-order chi connectivity index (χ0) is 22.4. The maximum atomic E-state index is 12.6. The molecular weight excluding hydrogens is 394 g/mol. The van der Waals surface area contributed by atoms with Crippen LogP contribution in [0.25, 0.3) is 10.9 Å². The Kier molecular flexibility index (Phi) is 7.02. The number of carbonyl (C=O) groups is 2. The number of rotatable bonds is 7. The number of amides is 3. The van der Waals surface area contributed by atoms with Crippen LogP contribution in [0.5, 0.6) is 0 Å². The molecule has 0 aliphatic carbocycles. The van der Waals surface area contributed by atoms with Crippen molar-refractivity contribution in [1.82, 2.24) is 20.2 Å². The Bertz CT molecular complexity index is 1140. The van der Waals surface area contributed by atoms with Gasteiger partial charge in [-0.15, -0.1) is 0 Å². The maximum Gasteiger partial charge on any atom is 0.319 e. The largest absolute Gasteiger partial charge is 0.352 e. The summed E-state index contributed by atoms with van der Waals surface area (Å²) >= 11 is 0. The molecule has 1 aromatic heterocycles. The van der Waals surface area contributed by atoms with Crippen molar-refractivity contribution >= 4 is 28.5 Å². The van der Waals surface area contributed by atoms with Gasteiger partial charge in [-0.25, -0.2) is 9.78 Å². The third-order valence-electron chi connectivity index (χ3n) is 4.76. The molecule has 0 unspecified atom stereocenters. The maximum absolute atomic E-state index is 12.6. The summed E-state index contributed by atoms with van der Waals surface area (Å²) in [5.74, 6) is -0.158. The normalized spacial score (nSPS) is 10.8. The number of anilines is 1. The molecule has 0 spiro atoms. The Hall–Kier alpha value is -3.68. The van der Waals surface area contributed by atoms with Gasteiger partial charge < -0.3 is 16.0 Å². The number of urea groups is 1. The summed E-state index contributed by atoms with van der Waals surface area (Å²) in [5.41, 5.74) is 3.06. The van der Waals surface area contributed by atoms with E-state index in [4.69, 9.17) is 0 Å². The van der Waals surface area contributed by atoms with E-state index in [0.29, 0.717) is 23.1 Å². The molecule has 31 heavy (non-hydrogen) atoms. The Balaban J connectivity index is 1.50. The lowest BCUT2D eigenvalue weighted by molar-refractivity contribution is -0.121. The molecule has 8 nitrogen and oxygen atoms in total. The van der Waals surface area contributed by atoms with E-state index < -0.39 is 0 Å². The third-order valence-corrected chi connectivity index (χ3v) is 4.76. The Morgan fingerprint density at radius 2 is 1.84 bits per heavy atom. The summed E-state index contributed by atoms with van der Waals surface area (Å²) in [5, 5.41) is 8.90. The van der Waals surface area contributed by atoms with Crippen LogP contribution in [0.2, 0.25) is 0 Å². The molecule has 0 aliphatic heterocycles. The van der Waals surface area contributed by atoms with Crippen LogP contribution in [0, 0.1) is 6.92 Å². The highest BCUT2D eigenvalue weighted by Crippen LogP contribution is 2.12. The monoisotopic (exact) mass is 421 g/mol. The van der Waals surface area contributed by atoms with Gasteiger partial charge in [-0.2, -0.15) is 0 Å². The molecule has 3 aromatic rings. The Labute approximate surface area is 180 Å². The number of hydrogen-bond acceptors (Lipinski definition) is 4. The first kappa shape index (κ1) is 22.0. The first-order valence-electron chi connectivity index (χ1n) is 10.2. The van der Waals surface area contributed by atoms with Crippen molar-refractivity contribution in [3.8, 4) is 0 Å². The molecule has 0 radical (unpaired) electrons. The molecule has 3 rings (SSSR count). The van der Waals surface area contributed by atoms with Gasteiger partial charge >= 0.3 is 6.03 Å². The highest BCUT2D eigenvalue weighted by atomic mass is 16.2. The summed E-state index contributed by atoms with van der Waals surface area (Å²) < 4.78 is 1.46. The molecule has 1 heterocycles. The van der Waals surface area contributed by atoms with Gasteiger partial charge in [0, 0.05) is 31.2 Å². The van der Waals surface area contributed by atoms with Gasteiger partial charge in [-0.1, -0.05) is 24.3 Å². The van der Waals surface area contributed by atoms with Gasteiger partial charge in [-0.05, 0) is 50.1 Å². The van der Waals surface area contributed by atoms with E-state index in [1.165, 1.54) is 10.9 Å². The van der Waals surface area contributed by atoms with Crippen molar-refractivity contribution in [2.45, 2.75) is 46.3 Å². The van der Waals surface area contributed by atoms with E-state index >= 15 is 0 Å². The van der Waals surface area contributed by atoms with Crippen LogP contribution >= 0.6 is 0 Å². The molecule has 0 atom stereocenters. The topological polar surface area (TPSA) is 105 Å². The molecule has 0 saturated heterocycles. The molecule has 0 aliphatic rings. The summed E-state index contributed by atoms with van der Waals surface area (Å²) in [6.45, 7) is 6.31. The zero-order valence-electron chi connectivity index (χ0n) is 17.9. The average molecular weight is 422 g/mol. The molecule has 8 heteroatoms. The molecule has 0 saturated carbocycles. The minimum Gasteiger partial charge on any atom is -0.352 e. The first-order chi connectivity index (χ1) is 14.8. The number of nitrogens with zero attached hydrogens (tertiary/aromatic N) is 2. The van der Waals surface area contributed by atoms with E-state index in [1.807, 2.05) is 45.0 Å². The highest BCUT2D eigenvalue weighted by Gasteiger charge is 2.08. The number of hydrogen-bond donors (Lipinski definition) is 3. The minimum absolute atomic E-state index is 0.0554. The third kappa shape index (κ3) is 5.91. The first-order valence-corrected chi connectivity index (χ1v) is 10.2. The van der Waals surface area contributed by atoms with Crippen molar-refractivity contribution in [2.24, 2.45) is 0 Å². The van der Waals surface area contributed by atoms with Gasteiger partial charge in [0.2, 0.25) is 5.91 Å². The molecule has 3 N–H and O–H groups in total. The quantitative estimate of drug-likeness (QED) is 0.545. The van der Waals surface area contributed by atoms with E-state index in [9.17, 15) is 14.4 Å². The van der Waals surface area contributed by atoms with Crippen molar-refractivity contribution < 1.29 is 9.59 Å². The fourth-order valence-electron chi connectivity index (χ4n) is 3.14. The zero-order valence-corrected chi connectivity index (χ0v) is 17.9. The van der Waals surface area contributed by atoms with E-state index in [1.54, 1.807) is 18.2 Å². The lowest BCUT2D eigenvalue weighted by Crippen LogP contribution is -2.34. The predicted molar refractivity (Wildman–Crippen MR) is 121 cm³/mol. The fraction of sp³-hybridized carbons (Fsp3) is 0.304. The van der Waals surface area contributed by atoms with Crippen LogP contribution < -0.4 is 21.5 Å². The van der Waals surface area contributed by atoms with Crippen LogP contribution in [0.4, 0.5) is 10.5 Å². The van der Waals surface area contributed by atoms with Crippen LogP contribution in [0.15, 0.2) is 53.6 Å². The summed E-state index contributed by atoms with van der Waals surface area (Å²) in [7, 11) is 0. The summed E-state index contributed by atoms with van der Waals surface area (Å²) in [6.07, 6.45) is 1.67. The van der Waals surface area contributed by atoms with Gasteiger partial charge in [0.15, 0.2) is 0 Å². The molecule has 2 aromatic carbocycles. The van der Waals surface area contributed by atoms with Gasteiger partial charge in [0.1, 0.15) is 0 Å². The second kappa shape index (κ2) is 9.88. The van der Waals surface area contributed by atoms with Crippen molar-refractivity contribution in [1.29, 1.82) is 0 Å². The number of aryl methyl sites for hydroxylation is 2.